The first-order valence-corrected chi connectivity index (χ1v) is 9.45. The van der Waals surface area contributed by atoms with Crippen LogP contribution in [0.1, 0.15) is 0 Å². The summed E-state index contributed by atoms with van der Waals surface area (Å²) in [6.45, 7) is 4.24. The van der Waals surface area contributed by atoms with Crippen LogP contribution in [0.15, 0.2) is 69.6 Å². The fourth-order valence-corrected chi connectivity index (χ4v) is 3.78. The lowest BCUT2D eigenvalue weighted by molar-refractivity contribution is -0.387. The zero-order valence-electron chi connectivity index (χ0n) is 14.3. The molecule has 0 amide bonds. The molecule has 1 aromatic heterocycles. The maximum Gasteiger partial charge on any atom is 0.284 e. The summed E-state index contributed by atoms with van der Waals surface area (Å²) in [4.78, 5) is 11.4. The van der Waals surface area contributed by atoms with Crippen molar-refractivity contribution in [3.05, 3.63) is 69.7 Å². The van der Waals surface area contributed by atoms with Gasteiger partial charge >= 0.3 is 0 Å². The van der Waals surface area contributed by atoms with Crippen molar-refractivity contribution in [2.24, 2.45) is 0 Å². The fourth-order valence-electron chi connectivity index (χ4n) is 2.50. The number of benzene rings is 2. The highest BCUT2D eigenvalue weighted by Gasteiger charge is 2.21. The van der Waals surface area contributed by atoms with E-state index in [1.165, 1.54) is 17.8 Å². The number of aromatic nitrogens is 3. The Morgan fingerprint density at radius 3 is 2.81 bits per heavy atom. The van der Waals surface area contributed by atoms with Gasteiger partial charge in [0.15, 0.2) is 11.0 Å². The number of hydrogen-bond acceptors (Lipinski definition) is 6. The molecule has 0 saturated carbocycles. The Balaban J connectivity index is 2.07. The topological polar surface area (TPSA) is 83.1 Å². The van der Waals surface area contributed by atoms with E-state index in [2.05, 4.69) is 32.7 Å². The average molecular weight is 447 g/mol. The summed E-state index contributed by atoms with van der Waals surface area (Å²) >= 11 is 4.45. The quantitative estimate of drug-likeness (QED) is 0.289. The number of halogens is 1. The van der Waals surface area contributed by atoms with Crippen LogP contribution < -0.4 is 4.74 Å². The molecule has 0 spiro atoms. The zero-order valence-corrected chi connectivity index (χ0v) is 16.7. The summed E-state index contributed by atoms with van der Waals surface area (Å²) in [6.07, 6.45) is 1.72. The van der Waals surface area contributed by atoms with E-state index < -0.39 is 4.92 Å². The van der Waals surface area contributed by atoms with E-state index in [0.717, 1.165) is 5.56 Å². The molecule has 0 unspecified atom stereocenters. The molecule has 0 N–H and O–H groups in total. The number of nitro benzene ring substituents is 1. The minimum absolute atomic E-state index is 0.00127. The van der Waals surface area contributed by atoms with Gasteiger partial charge in [0.05, 0.1) is 22.5 Å². The second-order valence-electron chi connectivity index (χ2n) is 5.38. The predicted octanol–water partition coefficient (Wildman–Crippen LogP) is 4.96. The summed E-state index contributed by atoms with van der Waals surface area (Å²) in [5.41, 5.74) is 0.785. The molecule has 3 rings (SSSR count). The Labute approximate surface area is 168 Å². The van der Waals surface area contributed by atoms with Crippen LogP contribution in [0.5, 0.6) is 5.75 Å². The highest BCUT2D eigenvalue weighted by Crippen LogP contribution is 2.38. The van der Waals surface area contributed by atoms with Gasteiger partial charge < -0.3 is 4.74 Å². The normalized spacial score (nSPS) is 10.6. The van der Waals surface area contributed by atoms with Crippen LogP contribution in [0, 0.1) is 10.1 Å². The third kappa shape index (κ3) is 4.04. The standard InChI is InChI=1S/C18H15BrN4O3S/c1-3-10-22-17(13-6-4-5-7-15(13)26-2)20-21-18(22)27-16-9-8-12(19)11-14(16)23(24)25/h3-9,11H,1,10H2,2H3. The van der Waals surface area contributed by atoms with Gasteiger partial charge in [0.2, 0.25) is 0 Å². The van der Waals surface area contributed by atoms with E-state index in [-0.39, 0.29) is 5.69 Å². The molecule has 0 aliphatic carbocycles. The summed E-state index contributed by atoms with van der Waals surface area (Å²) < 4.78 is 7.90. The molecule has 27 heavy (non-hydrogen) atoms. The van der Waals surface area contributed by atoms with Gasteiger partial charge in [-0.05, 0) is 36.0 Å². The molecule has 1 heterocycles. The van der Waals surface area contributed by atoms with E-state index in [4.69, 9.17) is 4.74 Å². The molecule has 0 saturated heterocycles. The highest BCUT2D eigenvalue weighted by molar-refractivity contribution is 9.10. The van der Waals surface area contributed by atoms with E-state index in [0.29, 0.717) is 32.6 Å². The Kier molecular flexibility index (Phi) is 5.92. The van der Waals surface area contributed by atoms with Gasteiger partial charge in [0.25, 0.3) is 5.69 Å². The largest absolute Gasteiger partial charge is 0.496 e. The van der Waals surface area contributed by atoms with Crippen molar-refractivity contribution >= 4 is 33.4 Å². The van der Waals surface area contributed by atoms with Crippen LogP contribution in [-0.4, -0.2) is 26.8 Å². The molecule has 9 heteroatoms. The van der Waals surface area contributed by atoms with Crippen LogP contribution in [0.4, 0.5) is 5.69 Å². The predicted molar refractivity (Wildman–Crippen MR) is 107 cm³/mol. The third-order valence-corrected chi connectivity index (χ3v) is 5.24. The first kappa shape index (κ1) is 19.1. The number of nitrogens with zero attached hydrogens (tertiary/aromatic N) is 4. The molecule has 0 bridgehead atoms. The summed E-state index contributed by atoms with van der Waals surface area (Å²) in [5.74, 6) is 1.27. The van der Waals surface area contributed by atoms with Crippen LogP contribution in [-0.2, 0) is 6.54 Å². The average Bonchev–Trinajstić information content (AvgIpc) is 3.05. The fraction of sp³-hybridized carbons (Fsp3) is 0.111. The van der Waals surface area contributed by atoms with Gasteiger partial charge in [-0.15, -0.1) is 16.8 Å². The van der Waals surface area contributed by atoms with E-state index in [1.54, 1.807) is 25.3 Å². The van der Waals surface area contributed by atoms with E-state index in [1.807, 2.05) is 28.8 Å². The minimum Gasteiger partial charge on any atom is -0.496 e. The molecular weight excluding hydrogens is 432 g/mol. The molecule has 0 atom stereocenters. The number of para-hydroxylation sites is 1. The van der Waals surface area contributed by atoms with E-state index >= 15 is 0 Å². The number of nitro groups is 1. The van der Waals surface area contributed by atoms with Crippen molar-refractivity contribution in [2.45, 2.75) is 16.6 Å². The molecule has 0 radical (unpaired) electrons. The smallest absolute Gasteiger partial charge is 0.284 e. The van der Waals surface area contributed by atoms with Gasteiger partial charge in [-0.25, -0.2) is 0 Å². The number of rotatable bonds is 7. The van der Waals surface area contributed by atoms with Crippen molar-refractivity contribution in [1.29, 1.82) is 0 Å². The van der Waals surface area contributed by atoms with Crippen LogP contribution >= 0.6 is 27.7 Å². The zero-order chi connectivity index (χ0) is 19.4. The van der Waals surface area contributed by atoms with Crippen LogP contribution in [0.3, 0.4) is 0 Å². The Morgan fingerprint density at radius 1 is 1.33 bits per heavy atom. The Bertz CT molecular complexity index is 1010. The molecule has 7 nitrogen and oxygen atoms in total. The maximum absolute atomic E-state index is 11.4. The van der Waals surface area contributed by atoms with Crippen molar-refractivity contribution in [1.82, 2.24) is 14.8 Å². The van der Waals surface area contributed by atoms with Crippen molar-refractivity contribution in [3.8, 4) is 17.1 Å². The van der Waals surface area contributed by atoms with Crippen LogP contribution in [0.25, 0.3) is 11.4 Å². The summed E-state index contributed by atoms with van der Waals surface area (Å²) in [5, 5.41) is 20.4. The molecule has 0 aliphatic rings. The maximum atomic E-state index is 11.4. The van der Waals surface area contributed by atoms with Gasteiger partial charge in [-0.3, -0.25) is 14.7 Å². The lowest BCUT2D eigenvalue weighted by Gasteiger charge is -2.10. The van der Waals surface area contributed by atoms with Gasteiger partial charge in [0.1, 0.15) is 5.75 Å². The SMILES string of the molecule is C=CCn1c(Sc2ccc(Br)cc2[N+](=O)[O-])nnc1-c1ccccc1OC. The Hall–Kier alpha value is -2.65. The van der Waals surface area contributed by atoms with Gasteiger partial charge in [-0.1, -0.05) is 34.1 Å². The number of methoxy groups -OCH3 is 1. The first-order valence-electron chi connectivity index (χ1n) is 7.84. The summed E-state index contributed by atoms with van der Waals surface area (Å²) in [6, 6.07) is 12.4. The molecule has 138 valence electrons. The monoisotopic (exact) mass is 446 g/mol. The number of hydrogen-bond donors (Lipinski definition) is 0. The van der Waals surface area contributed by atoms with E-state index in [9.17, 15) is 10.1 Å². The van der Waals surface area contributed by atoms with Crippen molar-refractivity contribution in [3.63, 3.8) is 0 Å². The van der Waals surface area contributed by atoms with Crippen molar-refractivity contribution < 1.29 is 9.66 Å². The molecule has 2 aromatic carbocycles. The lowest BCUT2D eigenvalue weighted by atomic mass is 10.2. The molecular formula is C18H15BrN4O3S. The Morgan fingerprint density at radius 2 is 2.11 bits per heavy atom. The number of ether oxygens (including phenoxy) is 1. The third-order valence-electron chi connectivity index (χ3n) is 3.70. The molecule has 0 fully saturated rings. The highest BCUT2D eigenvalue weighted by atomic mass is 79.9. The second-order valence-corrected chi connectivity index (χ2v) is 7.30. The number of allylic oxidation sites excluding steroid dienone is 1. The molecule has 0 aliphatic heterocycles. The second kappa shape index (κ2) is 8.36. The van der Waals surface area contributed by atoms with Crippen molar-refractivity contribution in [2.75, 3.05) is 7.11 Å². The summed E-state index contributed by atoms with van der Waals surface area (Å²) in [7, 11) is 1.59. The van der Waals surface area contributed by atoms with Gasteiger partial charge in [0, 0.05) is 17.1 Å². The lowest BCUT2D eigenvalue weighted by Crippen LogP contribution is -2.02. The first-order chi connectivity index (χ1) is 13.0. The molecule has 3 aromatic rings. The minimum atomic E-state index is -0.414. The van der Waals surface area contributed by atoms with Gasteiger partial charge in [-0.2, -0.15) is 0 Å². The van der Waals surface area contributed by atoms with Crippen LogP contribution in [0.2, 0.25) is 0 Å².